The minimum absolute atomic E-state index is 0.157. The first-order chi connectivity index (χ1) is 9.16. The highest BCUT2D eigenvalue weighted by molar-refractivity contribution is 9.10. The van der Waals surface area contributed by atoms with Crippen molar-refractivity contribution in [3.8, 4) is 0 Å². The third-order valence-electron chi connectivity index (χ3n) is 2.72. The Hall–Kier alpha value is -1.37. The van der Waals surface area contributed by atoms with Gasteiger partial charge in [-0.3, -0.25) is 9.59 Å². The van der Waals surface area contributed by atoms with Crippen LogP contribution >= 0.6 is 15.9 Å². The summed E-state index contributed by atoms with van der Waals surface area (Å²) in [6.07, 6.45) is -4.29. The monoisotopic (exact) mass is 351 g/mol. The van der Waals surface area contributed by atoms with E-state index >= 15 is 0 Å². The van der Waals surface area contributed by atoms with Crippen LogP contribution in [0.25, 0.3) is 0 Å². The molecule has 1 aromatic rings. The zero-order valence-corrected chi connectivity index (χ0v) is 12.4. The number of benzene rings is 1. The van der Waals surface area contributed by atoms with E-state index in [1.807, 2.05) is 0 Å². The average Bonchev–Trinajstić information content (AvgIpc) is 2.36. The fourth-order valence-electron chi connectivity index (χ4n) is 1.54. The summed E-state index contributed by atoms with van der Waals surface area (Å²) in [6, 6.07) is 2.04. The summed E-state index contributed by atoms with van der Waals surface area (Å²) in [6.45, 7) is 3.14. The Kier molecular flexibility index (Phi) is 5.33. The number of halogens is 4. The average molecular weight is 352 g/mol. The van der Waals surface area contributed by atoms with E-state index < -0.39 is 23.7 Å². The van der Waals surface area contributed by atoms with E-state index in [9.17, 15) is 22.8 Å². The molecule has 0 aliphatic heterocycles. The maximum Gasteiger partial charge on any atom is 0.416 e. The van der Waals surface area contributed by atoms with Crippen LogP contribution in [-0.2, 0) is 11.0 Å². The van der Waals surface area contributed by atoms with Gasteiger partial charge in [0.2, 0.25) is 0 Å². The van der Waals surface area contributed by atoms with Crippen molar-refractivity contribution in [1.29, 1.82) is 0 Å². The number of rotatable bonds is 4. The highest BCUT2D eigenvalue weighted by Gasteiger charge is 2.31. The number of alkyl halides is 3. The second kappa shape index (κ2) is 6.39. The van der Waals surface area contributed by atoms with Gasteiger partial charge >= 0.3 is 6.18 Å². The van der Waals surface area contributed by atoms with Gasteiger partial charge in [0, 0.05) is 10.9 Å². The molecule has 3 nitrogen and oxygen atoms in total. The molecule has 0 saturated heterocycles. The Morgan fingerprint density at radius 1 is 1.35 bits per heavy atom. The summed E-state index contributed by atoms with van der Waals surface area (Å²) in [5.41, 5.74) is -1.07. The van der Waals surface area contributed by atoms with Crippen LogP contribution < -0.4 is 5.32 Å². The number of Topliss-reactive ketones (excluding diaryl/α,β-unsaturated/α-hetero) is 1. The van der Waals surface area contributed by atoms with Crippen LogP contribution in [0, 0.1) is 0 Å². The zero-order chi connectivity index (χ0) is 15.5. The first-order valence-electron chi connectivity index (χ1n) is 5.87. The van der Waals surface area contributed by atoms with Gasteiger partial charge in [-0.2, -0.15) is 13.2 Å². The van der Waals surface area contributed by atoms with E-state index in [1.165, 1.54) is 6.92 Å². The van der Waals surface area contributed by atoms with Crippen molar-refractivity contribution >= 4 is 27.6 Å². The predicted molar refractivity (Wildman–Crippen MR) is 71.4 cm³/mol. The number of hydrogen-bond acceptors (Lipinski definition) is 2. The van der Waals surface area contributed by atoms with Crippen molar-refractivity contribution < 1.29 is 22.8 Å². The summed E-state index contributed by atoms with van der Waals surface area (Å²) in [4.78, 5) is 23.3. The number of nitrogens with one attached hydrogen (secondary N) is 1. The van der Waals surface area contributed by atoms with Crippen LogP contribution in [0.4, 0.5) is 13.2 Å². The fraction of sp³-hybridized carbons (Fsp3) is 0.385. The maximum atomic E-state index is 12.6. The molecule has 0 aliphatic carbocycles. The molecule has 0 saturated carbocycles. The molecule has 7 heteroatoms. The van der Waals surface area contributed by atoms with E-state index in [0.717, 1.165) is 18.2 Å². The number of hydrogen-bond donors (Lipinski definition) is 1. The Bertz CT molecular complexity index is 529. The number of ketones is 1. The van der Waals surface area contributed by atoms with E-state index in [0.29, 0.717) is 0 Å². The third-order valence-corrected chi connectivity index (χ3v) is 3.41. The molecule has 0 heterocycles. The van der Waals surface area contributed by atoms with Gasteiger partial charge in [-0.1, -0.05) is 6.92 Å². The number of carbonyl (C=O) groups is 2. The lowest BCUT2D eigenvalue weighted by molar-refractivity contribution is -0.137. The van der Waals surface area contributed by atoms with Crippen molar-refractivity contribution in [1.82, 2.24) is 5.32 Å². The van der Waals surface area contributed by atoms with Gasteiger partial charge in [0.1, 0.15) is 0 Å². The van der Waals surface area contributed by atoms with Gasteiger partial charge in [-0.05, 0) is 41.1 Å². The minimum atomic E-state index is -4.53. The van der Waals surface area contributed by atoms with Crippen LogP contribution in [0.15, 0.2) is 22.7 Å². The highest BCUT2D eigenvalue weighted by atomic mass is 79.9. The van der Waals surface area contributed by atoms with Crippen molar-refractivity contribution in [2.24, 2.45) is 0 Å². The maximum absolute atomic E-state index is 12.6. The standard InChI is InChI=1S/C13H13BrF3NO2/c1-3-11(19)7(2)18-12(20)9-6-8(13(15,16)17)4-5-10(9)14/h4-7H,3H2,1-2H3,(H,18,20). The van der Waals surface area contributed by atoms with Gasteiger partial charge < -0.3 is 5.32 Å². The third kappa shape index (κ3) is 4.06. The molecule has 0 bridgehead atoms. The van der Waals surface area contributed by atoms with Gasteiger partial charge in [-0.15, -0.1) is 0 Å². The lowest BCUT2D eigenvalue weighted by Gasteiger charge is -2.14. The van der Waals surface area contributed by atoms with Crippen LogP contribution in [0.5, 0.6) is 0 Å². The second-order valence-electron chi connectivity index (χ2n) is 4.21. The van der Waals surface area contributed by atoms with Crippen molar-refractivity contribution in [3.05, 3.63) is 33.8 Å². The molecular weight excluding hydrogens is 339 g/mol. The molecule has 0 aromatic heterocycles. The number of amides is 1. The van der Waals surface area contributed by atoms with E-state index in [1.54, 1.807) is 6.92 Å². The van der Waals surface area contributed by atoms with Gasteiger partial charge in [0.15, 0.2) is 5.78 Å². The molecule has 20 heavy (non-hydrogen) atoms. The van der Waals surface area contributed by atoms with E-state index in [2.05, 4.69) is 21.2 Å². The summed E-state index contributed by atoms with van der Waals surface area (Å²) in [7, 11) is 0. The molecule has 0 aliphatic rings. The fourth-order valence-corrected chi connectivity index (χ4v) is 1.96. The molecular formula is C13H13BrF3NO2. The van der Waals surface area contributed by atoms with Crippen LogP contribution in [0.1, 0.15) is 36.2 Å². The summed E-state index contributed by atoms with van der Waals surface area (Å²) in [5.74, 6) is -0.918. The van der Waals surface area contributed by atoms with Crippen molar-refractivity contribution in [2.45, 2.75) is 32.5 Å². The van der Waals surface area contributed by atoms with Crippen LogP contribution in [0.3, 0.4) is 0 Å². The quantitative estimate of drug-likeness (QED) is 0.901. The van der Waals surface area contributed by atoms with Crippen molar-refractivity contribution in [2.75, 3.05) is 0 Å². The SMILES string of the molecule is CCC(=O)C(C)NC(=O)c1cc(C(F)(F)F)ccc1Br. The molecule has 1 atom stereocenters. The normalized spacial score (nSPS) is 12.9. The van der Waals surface area contributed by atoms with Gasteiger partial charge in [-0.25, -0.2) is 0 Å². The Labute approximate surface area is 122 Å². The van der Waals surface area contributed by atoms with E-state index in [-0.39, 0.29) is 22.2 Å². The Morgan fingerprint density at radius 2 is 1.95 bits per heavy atom. The number of carbonyl (C=O) groups excluding carboxylic acids is 2. The van der Waals surface area contributed by atoms with Gasteiger partial charge in [0.05, 0.1) is 17.2 Å². The molecule has 0 spiro atoms. The van der Waals surface area contributed by atoms with Crippen molar-refractivity contribution in [3.63, 3.8) is 0 Å². The topological polar surface area (TPSA) is 46.2 Å². The lowest BCUT2D eigenvalue weighted by atomic mass is 10.1. The summed E-state index contributed by atoms with van der Waals surface area (Å²) < 4.78 is 38.1. The molecule has 0 fully saturated rings. The molecule has 0 radical (unpaired) electrons. The van der Waals surface area contributed by atoms with E-state index in [4.69, 9.17) is 0 Å². The molecule has 110 valence electrons. The predicted octanol–water partition coefficient (Wildman–Crippen LogP) is 3.57. The molecule has 1 amide bonds. The van der Waals surface area contributed by atoms with Crippen LogP contribution in [0.2, 0.25) is 0 Å². The summed E-state index contributed by atoms with van der Waals surface area (Å²) in [5, 5.41) is 2.38. The molecule has 1 unspecified atom stereocenters. The summed E-state index contributed by atoms with van der Waals surface area (Å²) >= 11 is 3.03. The molecule has 1 rings (SSSR count). The van der Waals surface area contributed by atoms with Gasteiger partial charge in [0.25, 0.3) is 5.91 Å². The smallest absolute Gasteiger partial charge is 0.342 e. The Balaban J connectivity index is 3.01. The first-order valence-corrected chi connectivity index (χ1v) is 6.66. The lowest BCUT2D eigenvalue weighted by Crippen LogP contribution is -2.38. The largest absolute Gasteiger partial charge is 0.416 e. The van der Waals surface area contributed by atoms with Crippen LogP contribution in [-0.4, -0.2) is 17.7 Å². The zero-order valence-electron chi connectivity index (χ0n) is 10.8. The first kappa shape index (κ1) is 16.7. The molecule has 1 aromatic carbocycles. The highest BCUT2D eigenvalue weighted by Crippen LogP contribution is 2.31. The minimum Gasteiger partial charge on any atom is -0.342 e. The Morgan fingerprint density at radius 3 is 2.45 bits per heavy atom. The second-order valence-corrected chi connectivity index (χ2v) is 5.06. The molecule has 1 N–H and O–H groups in total.